The Bertz CT molecular complexity index is 777. The topological polar surface area (TPSA) is 17.3 Å². The first kappa shape index (κ1) is 13.0. The second-order valence-electron chi connectivity index (χ2n) is 4.32. The van der Waals surface area contributed by atoms with Crippen molar-refractivity contribution in [2.24, 2.45) is 0 Å². The van der Waals surface area contributed by atoms with Crippen LogP contribution in [0, 0.1) is 0 Å². The highest BCUT2D eigenvalue weighted by molar-refractivity contribution is 6.30. The molecule has 2 aromatic heterocycles. The van der Waals surface area contributed by atoms with E-state index in [2.05, 4.69) is 5.10 Å². The number of rotatable bonds is 1. The van der Waals surface area contributed by atoms with Gasteiger partial charge in [-0.05, 0) is 30.3 Å². The van der Waals surface area contributed by atoms with E-state index in [1.165, 1.54) is 10.6 Å². The van der Waals surface area contributed by atoms with Crippen molar-refractivity contribution in [2.45, 2.75) is 6.18 Å². The van der Waals surface area contributed by atoms with Crippen LogP contribution in [0.5, 0.6) is 0 Å². The number of nitrogens with zero attached hydrogens (tertiary/aromatic N) is 2. The van der Waals surface area contributed by atoms with Gasteiger partial charge in [0.1, 0.15) is 0 Å². The standard InChI is InChI=1S/C14H8ClF3N2/c15-11-3-1-2-9(6-11)13-7-12-5-4-10(14(16,17)18)8-20(12)19-13/h1-8H. The highest BCUT2D eigenvalue weighted by atomic mass is 35.5. The summed E-state index contributed by atoms with van der Waals surface area (Å²) in [6, 6.07) is 11.2. The van der Waals surface area contributed by atoms with Crippen molar-refractivity contribution in [1.29, 1.82) is 0 Å². The van der Waals surface area contributed by atoms with Gasteiger partial charge in [0.25, 0.3) is 0 Å². The van der Waals surface area contributed by atoms with Gasteiger partial charge in [-0.25, -0.2) is 4.52 Å². The number of halogens is 4. The van der Waals surface area contributed by atoms with Crippen LogP contribution in [0.1, 0.15) is 5.56 Å². The van der Waals surface area contributed by atoms with Gasteiger partial charge in [-0.2, -0.15) is 18.3 Å². The van der Waals surface area contributed by atoms with E-state index in [4.69, 9.17) is 11.6 Å². The van der Waals surface area contributed by atoms with Crippen molar-refractivity contribution in [2.75, 3.05) is 0 Å². The molecule has 0 spiro atoms. The van der Waals surface area contributed by atoms with Gasteiger partial charge in [0.2, 0.25) is 0 Å². The molecule has 6 heteroatoms. The van der Waals surface area contributed by atoms with E-state index in [1.54, 1.807) is 30.3 Å². The lowest BCUT2D eigenvalue weighted by Gasteiger charge is -2.05. The van der Waals surface area contributed by atoms with E-state index in [9.17, 15) is 13.2 Å². The molecule has 2 nitrogen and oxygen atoms in total. The maximum absolute atomic E-state index is 12.6. The summed E-state index contributed by atoms with van der Waals surface area (Å²) < 4.78 is 39.1. The molecule has 0 aliphatic heterocycles. The zero-order valence-electron chi connectivity index (χ0n) is 10.0. The zero-order chi connectivity index (χ0) is 14.3. The van der Waals surface area contributed by atoms with Crippen molar-refractivity contribution in [3.63, 3.8) is 0 Å². The van der Waals surface area contributed by atoms with E-state index in [0.717, 1.165) is 17.8 Å². The first-order valence-electron chi connectivity index (χ1n) is 5.76. The summed E-state index contributed by atoms with van der Waals surface area (Å²) in [5.41, 5.74) is 1.19. The van der Waals surface area contributed by atoms with Crippen LogP contribution in [-0.2, 0) is 6.18 Å². The van der Waals surface area contributed by atoms with E-state index < -0.39 is 11.7 Å². The Balaban J connectivity index is 2.11. The number of fused-ring (bicyclic) bond motifs is 1. The molecule has 0 radical (unpaired) electrons. The fourth-order valence-corrected chi connectivity index (χ4v) is 2.13. The highest BCUT2D eigenvalue weighted by Gasteiger charge is 2.30. The first-order valence-corrected chi connectivity index (χ1v) is 6.14. The van der Waals surface area contributed by atoms with Crippen molar-refractivity contribution in [3.8, 4) is 11.3 Å². The third-order valence-electron chi connectivity index (χ3n) is 2.91. The smallest absolute Gasteiger partial charge is 0.240 e. The fourth-order valence-electron chi connectivity index (χ4n) is 1.94. The molecule has 0 atom stereocenters. The number of hydrogen-bond acceptors (Lipinski definition) is 1. The summed E-state index contributed by atoms with van der Waals surface area (Å²) in [7, 11) is 0. The van der Waals surface area contributed by atoms with Crippen LogP contribution in [0.2, 0.25) is 5.02 Å². The van der Waals surface area contributed by atoms with Gasteiger partial charge < -0.3 is 0 Å². The predicted octanol–water partition coefficient (Wildman–Crippen LogP) is 4.67. The zero-order valence-corrected chi connectivity index (χ0v) is 10.8. The quantitative estimate of drug-likeness (QED) is 0.637. The minimum absolute atomic E-state index is 0.551. The molecule has 2 heterocycles. The summed E-state index contributed by atoms with van der Waals surface area (Å²) in [6.45, 7) is 0. The van der Waals surface area contributed by atoms with Crippen LogP contribution in [0.15, 0.2) is 48.7 Å². The van der Waals surface area contributed by atoms with E-state index in [-0.39, 0.29) is 0 Å². The molecule has 3 rings (SSSR count). The van der Waals surface area contributed by atoms with Crippen LogP contribution in [0.4, 0.5) is 13.2 Å². The Morgan fingerprint density at radius 3 is 2.55 bits per heavy atom. The Labute approximate surface area is 117 Å². The molecule has 1 aromatic carbocycles. The number of benzene rings is 1. The molecule has 102 valence electrons. The van der Waals surface area contributed by atoms with Crippen LogP contribution < -0.4 is 0 Å². The van der Waals surface area contributed by atoms with Crippen molar-refractivity contribution < 1.29 is 13.2 Å². The van der Waals surface area contributed by atoms with Crippen molar-refractivity contribution in [3.05, 3.63) is 59.2 Å². The molecule has 0 bridgehead atoms. The average molecular weight is 297 g/mol. The highest BCUT2D eigenvalue weighted by Crippen LogP contribution is 2.30. The van der Waals surface area contributed by atoms with Gasteiger partial charge in [0, 0.05) is 16.8 Å². The minimum atomic E-state index is -4.38. The van der Waals surface area contributed by atoms with Crippen molar-refractivity contribution >= 4 is 17.1 Å². The summed E-state index contributed by atoms with van der Waals surface area (Å²) in [4.78, 5) is 0. The van der Waals surface area contributed by atoms with E-state index in [1.807, 2.05) is 0 Å². The first-order chi connectivity index (χ1) is 9.43. The Hall–Kier alpha value is -2.01. The summed E-state index contributed by atoms with van der Waals surface area (Å²) >= 11 is 5.90. The molecule has 3 aromatic rings. The maximum Gasteiger partial charge on any atom is 0.417 e. The van der Waals surface area contributed by atoms with Gasteiger partial charge in [-0.3, -0.25) is 0 Å². The molecule has 0 saturated heterocycles. The molecule has 0 unspecified atom stereocenters. The Kier molecular flexibility index (Phi) is 2.94. The van der Waals surface area contributed by atoms with E-state index >= 15 is 0 Å². The monoisotopic (exact) mass is 296 g/mol. The third-order valence-corrected chi connectivity index (χ3v) is 3.14. The lowest BCUT2D eigenvalue weighted by molar-refractivity contribution is -0.137. The molecule has 0 amide bonds. The number of alkyl halides is 3. The molecule has 20 heavy (non-hydrogen) atoms. The molecule has 0 N–H and O–H groups in total. The number of pyridine rings is 1. The molecule has 0 aliphatic carbocycles. The molecule has 0 aliphatic rings. The maximum atomic E-state index is 12.6. The van der Waals surface area contributed by atoms with E-state index in [0.29, 0.717) is 16.2 Å². The van der Waals surface area contributed by atoms with Crippen LogP contribution >= 0.6 is 11.6 Å². The molecular weight excluding hydrogens is 289 g/mol. The SMILES string of the molecule is FC(F)(F)c1ccc2cc(-c3cccc(Cl)c3)nn2c1. The summed E-state index contributed by atoms with van der Waals surface area (Å²) in [6.07, 6.45) is -3.40. The lowest BCUT2D eigenvalue weighted by Crippen LogP contribution is -2.06. The minimum Gasteiger partial charge on any atom is -0.240 e. The normalized spacial score (nSPS) is 12.0. The molecule has 0 saturated carbocycles. The second-order valence-corrected chi connectivity index (χ2v) is 4.76. The van der Waals surface area contributed by atoms with Crippen LogP contribution in [-0.4, -0.2) is 9.61 Å². The lowest BCUT2D eigenvalue weighted by atomic mass is 10.1. The molecular formula is C14H8ClF3N2. The number of hydrogen-bond donors (Lipinski definition) is 0. The predicted molar refractivity (Wildman–Crippen MR) is 70.6 cm³/mol. The third kappa shape index (κ3) is 2.36. The van der Waals surface area contributed by atoms with Gasteiger partial charge >= 0.3 is 6.18 Å². The average Bonchev–Trinajstić information content (AvgIpc) is 2.80. The largest absolute Gasteiger partial charge is 0.417 e. The van der Waals surface area contributed by atoms with Crippen molar-refractivity contribution in [1.82, 2.24) is 9.61 Å². The van der Waals surface area contributed by atoms with Gasteiger partial charge in [0.15, 0.2) is 0 Å². The fraction of sp³-hybridized carbons (Fsp3) is 0.0714. The Morgan fingerprint density at radius 2 is 1.85 bits per heavy atom. The summed E-state index contributed by atoms with van der Waals surface area (Å²) in [5, 5.41) is 4.71. The number of aromatic nitrogens is 2. The molecule has 0 fully saturated rings. The van der Waals surface area contributed by atoms with Crippen LogP contribution in [0.25, 0.3) is 16.8 Å². The Morgan fingerprint density at radius 1 is 1.05 bits per heavy atom. The van der Waals surface area contributed by atoms with Gasteiger partial charge in [0.05, 0.1) is 16.8 Å². The van der Waals surface area contributed by atoms with Crippen LogP contribution in [0.3, 0.4) is 0 Å². The second kappa shape index (κ2) is 4.52. The summed E-state index contributed by atoms with van der Waals surface area (Å²) in [5.74, 6) is 0. The van der Waals surface area contributed by atoms with Gasteiger partial charge in [-0.1, -0.05) is 23.7 Å². The van der Waals surface area contributed by atoms with Gasteiger partial charge in [-0.15, -0.1) is 0 Å².